The van der Waals surface area contributed by atoms with Crippen molar-refractivity contribution in [2.24, 2.45) is 16.9 Å². The molecule has 0 spiro atoms. The van der Waals surface area contributed by atoms with Crippen molar-refractivity contribution in [3.63, 3.8) is 0 Å². The molecule has 1 aliphatic rings. The molecule has 0 aromatic rings. The molecule has 1 N–H and O–H groups in total. The molecule has 1 heterocycles. The Labute approximate surface area is 94.9 Å². The number of nitrogens with zero attached hydrogens (tertiary/aromatic N) is 2. The van der Waals surface area contributed by atoms with Crippen LogP contribution in [0.25, 0.3) is 0 Å². The van der Waals surface area contributed by atoms with Crippen LogP contribution in [0.2, 0.25) is 0 Å². The second-order valence-electron chi connectivity index (χ2n) is 3.90. The highest BCUT2D eigenvalue weighted by Crippen LogP contribution is 2.19. The van der Waals surface area contributed by atoms with E-state index in [9.17, 15) is 9.59 Å². The van der Waals surface area contributed by atoms with Gasteiger partial charge in [-0.2, -0.15) is 5.10 Å². The van der Waals surface area contributed by atoms with E-state index < -0.39 is 5.92 Å². The van der Waals surface area contributed by atoms with Gasteiger partial charge in [0.15, 0.2) is 5.92 Å². The van der Waals surface area contributed by atoms with Crippen molar-refractivity contribution in [3.8, 4) is 12.3 Å². The van der Waals surface area contributed by atoms with Crippen LogP contribution < -0.4 is 5.32 Å². The maximum atomic E-state index is 11.7. The lowest BCUT2D eigenvalue weighted by Crippen LogP contribution is -2.41. The minimum atomic E-state index is -0.821. The summed E-state index contributed by atoms with van der Waals surface area (Å²) in [6.45, 7) is 3.91. The Morgan fingerprint density at radius 2 is 2.31 bits per heavy atom. The lowest BCUT2D eigenvalue weighted by atomic mass is 9.94. The predicted molar refractivity (Wildman–Crippen MR) is 60.4 cm³/mol. The molecule has 0 aromatic heterocycles. The van der Waals surface area contributed by atoms with E-state index in [0.717, 1.165) is 0 Å². The molecule has 1 rings (SSSR count). The van der Waals surface area contributed by atoms with Crippen LogP contribution in [0.15, 0.2) is 5.10 Å². The van der Waals surface area contributed by atoms with E-state index in [2.05, 4.69) is 16.3 Å². The van der Waals surface area contributed by atoms with Gasteiger partial charge in [0, 0.05) is 7.05 Å². The van der Waals surface area contributed by atoms with Crippen LogP contribution in [0, 0.1) is 24.2 Å². The summed E-state index contributed by atoms with van der Waals surface area (Å²) in [6, 6.07) is 0. The fraction of sp³-hybridized carbons (Fsp3) is 0.545. The van der Waals surface area contributed by atoms with E-state index in [4.69, 9.17) is 6.42 Å². The molecule has 0 unspecified atom stereocenters. The lowest BCUT2D eigenvalue weighted by Gasteiger charge is -2.12. The normalized spacial score (nSPS) is 19.7. The summed E-state index contributed by atoms with van der Waals surface area (Å²) in [5, 5.41) is 7.78. The van der Waals surface area contributed by atoms with Crippen molar-refractivity contribution in [1.82, 2.24) is 10.3 Å². The van der Waals surface area contributed by atoms with E-state index in [0.29, 0.717) is 5.71 Å². The van der Waals surface area contributed by atoms with Crippen molar-refractivity contribution in [2.75, 3.05) is 13.6 Å². The molecule has 1 aliphatic heterocycles. The highest BCUT2D eigenvalue weighted by atomic mass is 16.2. The largest absolute Gasteiger partial charge is 0.344 e. The Kier molecular flexibility index (Phi) is 3.67. The second kappa shape index (κ2) is 4.79. The fourth-order valence-corrected chi connectivity index (χ4v) is 1.53. The summed E-state index contributed by atoms with van der Waals surface area (Å²) < 4.78 is 0. The van der Waals surface area contributed by atoms with Crippen molar-refractivity contribution in [1.29, 1.82) is 0 Å². The van der Waals surface area contributed by atoms with Gasteiger partial charge in [0.2, 0.25) is 5.91 Å². The molecule has 0 radical (unpaired) electrons. The molecule has 2 amide bonds. The first-order valence-electron chi connectivity index (χ1n) is 5.06. The number of hydrogen-bond donors (Lipinski definition) is 1. The van der Waals surface area contributed by atoms with Crippen molar-refractivity contribution >= 4 is 17.5 Å². The molecule has 5 nitrogen and oxygen atoms in total. The Balaban J connectivity index is 2.86. The van der Waals surface area contributed by atoms with Crippen molar-refractivity contribution in [3.05, 3.63) is 0 Å². The average Bonchev–Trinajstić information content (AvgIpc) is 2.52. The van der Waals surface area contributed by atoms with Crippen LogP contribution in [0.3, 0.4) is 0 Å². The maximum absolute atomic E-state index is 11.7. The highest BCUT2D eigenvalue weighted by molar-refractivity contribution is 6.22. The van der Waals surface area contributed by atoms with Gasteiger partial charge in [0.25, 0.3) is 5.91 Å². The lowest BCUT2D eigenvalue weighted by molar-refractivity contribution is -0.136. The van der Waals surface area contributed by atoms with E-state index in [1.54, 1.807) is 7.05 Å². The minimum absolute atomic E-state index is 0.0514. The Bertz CT molecular complexity index is 379. The Morgan fingerprint density at radius 1 is 1.69 bits per heavy atom. The third-order valence-electron chi connectivity index (χ3n) is 2.35. The van der Waals surface area contributed by atoms with E-state index in [1.807, 2.05) is 13.8 Å². The van der Waals surface area contributed by atoms with Gasteiger partial charge >= 0.3 is 0 Å². The zero-order chi connectivity index (χ0) is 12.3. The first-order chi connectivity index (χ1) is 7.49. The number of rotatable bonds is 3. The molecular weight excluding hydrogens is 206 g/mol. The third-order valence-corrected chi connectivity index (χ3v) is 2.35. The standard InChI is InChI=1S/C11H15N3O2/c1-5-6-12-10(15)8-9(7(2)3)13-14(4)11(8)16/h1,7-8H,6H2,2-4H3,(H,12,15)/t8-/m1/s1. The number of terminal acetylenes is 1. The summed E-state index contributed by atoms with van der Waals surface area (Å²) in [5.74, 6) is 0.843. The SMILES string of the molecule is C#CCNC(=O)[C@@H]1C(=O)N(C)N=C1C(C)C. The summed E-state index contributed by atoms with van der Waals surface area (Å²) in [5.41, 5.74) is 0.585. The number of carbonyl (C=O) groups is 2. The van der Waals surface area contributed by atoms with Gasteiger partial charge in [0.1, 0.15) is 0 Å². The number of hydrogen-bond acceptors (Lipinski definition) is 3. The van der Waals surface area contributed by atoms with Crippen molar-refractivity contribution < 1.29 is 9.59 Å². The van der Waals surface area contributed by atoms with Crippen LogP contribution in [-0.4, -0.2) is 36.1 Å². The molecule has 0 fully saturated rings. The third kappa shape index (κ3) is 2.22. The number of amides is 2. The quantitative estimate of drug-likeness (QED) is 0.531. The molecule has 0 aliphatic carbocycles. The smallest absolute Gasteiger partial charge is 0.260 e. The highest BCUT2D eigenvalue weighted by Gasteiger charge is 2.40. The van der Waals surface area contributed by atoms with Crippen LogP contribution >= 0.6 is 0 Å². The van der Waals surface area contributed by atoms with Gasteiger partial charge in [-0.15, -0.1) is 6.42 Å². The molecule has 5 heteroatoms. The van der Waals surface area contributed by atoms with Crippen LogP contribution in [0.1, 0.15) is 13.8 Å². The van der Waals surface area contributed by atoms with Crippen LogP contribution in [0.5, 0.6) is 0 Å². The van der Waals surface area contributed by atoms with Gasteiger partial charge in [-0.05, 0) is 5.92 Å². The van der Waals surface area contributed by atoms with Gasteiger partial charge in [-0.25, -0.2) is 5.01 Å². The van der Waals surface area contributed by atoms with E-state index in [-0.39, 0.29) is 24.3 Å². The summed E-state index contributed by atoms with van der Waals surface area (Å²) in [6.07, 6.45) is 5.04. The molecular formula is C11H15N3O2. The Morgan fingerprint density at radius 3 is 2.81 bits per heavy atom. The predicted octanol–water partition coefficient (Wildman–Crippen LogP) is -0.164. The number of carbonyl (C=O) groups excluding carboxylic acids is 2. The molecule has 86 valence electrons. The van der Waals surface area contributed by atoms with Crippen molar-refractivity contribution in [2.45, 2.75) is 13.8 Å². The summed E-state index contributed by atoms with van der Waals surface area (Å²) >= 11 is 0. The maximum Gasteiger partial charge on any atom is 0.260 e. The van der Waals surface area contributed by atoms with E-state index in [1.165, 1.54) is 5.01 Å². The monoisotopic (exact) mass is 221 g/mol. The van der Waals surface area contributed by atoms with E-state index >= 15 is 0 Å². The fourth-order valence-electron chi connectivity index (χ4n) is 1.53. The molecule has 0 saturated heterocycles. The topological polar surface area (TPSA) is 61.8 Å². The molecule has 1 atom stereocenters. The molecule has 0 bridgehead atoms. The zero-order valence-corrected chi connectivity index (χ0v) is 9.65. The summed E-state index contributed by atoms with van der Waals surface area (Å²) in [7, 11) is 1.54. The van der Waals surface area contributed by atoms with Crippen LogP contribution in [0.4, 0.5) is 0 Å². The number of hydrazone groups is 1. The van der Waals surface area contributed by atoms with Gasteiger partial charge in [-0.3, -0.25) is 9.59 Å². The molecule has 0 aromatic carbocycles. The second-order valence-corrected chi connectivity index (χ2v) is 3.90. The Hall–Kier alpha value is -1.83. The van der Waals surface area contributed by atoms with Crippen LogP contribution in [-0.2, 0) is 9.59 Å². The summed E-state index contributed by atoms with van der Waals surface area (Å²) in [4.78, 5) is 23.5. The van der Waals surface area contributed by atoms with Gasteiger partial charge in [0.05, 0.1) is 12.3 Å². The molecule has 16 heavy (non-hydrogen) atoms. The molecule has 0 saturated carbocycles. The number of nitrogens with one attached hydrogen (secondary N) is 1. The average molecular weight is 221 g/mol. The first-order valence-corrected chi connectivity index (χ1v) is 5.06. The van der Waals surface area contributed by atoms with Gasteiger partial charge < -0.3 is 5.32 Å². The zero-order valence-electron chi connectivity index (χ0n) is 9.65. The first kappa shape index (κ1) is 12.2. The van der Waals surface area contributed by atoms with Gasteiger partial charge in [-0.1, -0.05) is 19.8 Å². The minimum Gasteiger partial charge on any atom is -0.344 e.